The zero-order valence-electron chi connectivity index (χ0n) is 12.7. The van der Waals surface area contributed by atoms with Crippen LogP contribution in [0.3, 0.4) is 0 Å². The molecule has 0 unspecified atom stereocenters. The molecule has 0 N–H and O–H groups in total. The van der Waals surface area contributed by atoms with Gasteiger partial charge in [0.15, 0.2) is 0 Å². The summed E-state index contributed by atoms with van der Waals surface area (Å²) in [6, 6.07) is 19.5. The van der Waals surface area contributed by atoms with E-state index in [0.29, 0.717) is 0 Å². The summed E-state index contributed by atoms with van der Waals surface area (Å²) in [6.07, 6.45) is 1.90. The number of nitrogens with zero attached hydrogens (tertiary/aromatic N) is 2. The van der Waals surface area contributed by atoms with E-state index in [0.717, 1.165) is 5.69 Å². The predicted octanol–water partition coefficient (Wildman–Crippen LogP) is 4.82. The Morgan fingerprint density at radius 3 is 2.59 bits per heavy atom. The second kappa shape index (κ2) is 3.77. The highest BCUT2D eigenvalue weighted by Gasteiger charge is 2.35. The first-order valence-corrected chi connectivity index (χ1v) is 7.68. The van der Waals surface area contributed by atoms with Crippen molar-refractivity contribution in [2.45, 2.75) is 19.3 Å². The molecule has 0 spiro atoms. The first-order chi connectivity index (χ1) is 10.7. The van der Waals surface area contributed by atoms with Gasteiger partial charge in [-0.1, -0.05) is 36.4 Å². The standard InChI is InChI=1S/C20H16N2/c1-20(2)15-9-5-8-14-13-7-3-4-10-16(13)22(18(14)15)17-11-6-12-21-19(17)20/h3-12H,1-2H3. The lowest BCUT2D eigenvalue weighted by Gasteiger charge is -2.33. The molecule has 1 aliphatic heterocycles. The van der Waals surface area contributed by atoms with Crippen LogP contribution >= 0.6 is 0 Å². The maximum absolute atomic E-state index is 4.72. The van der Waals surface area contributed by atoms with Gasteiger partial charge in [0.25, 0.3) is 0 Å². The summed E-state index contributed by atoms with van der Waals surface area (Å²) in [5.74, 6) is 0. The van der Waals surface area contributed by atoms with Gasteiger partial charge in [-0.2, -0.15) is 0 Å². The summed E-state index contributed by atoms with van der Waals surface area (Å²) in [7, 11) is 0. The highest BCUT2D eigenvalue weighted by Crippen LogP contribution is 2.46. The van der Waals surface area contributed by atoms with Gasteiger partial charge in [-0.25, -0.2) is 0 Å². The van der Waals surface area contributed by atoms with Crippen molar-refractivity contribution < 1.29 is 0 Å². The summed E-state index contributed by atoms with van der Waals surface area (Å²) < 4.78 is 2.38. The lowest BCUT2D eigenvalue weighted by Crippen LogP contribution is -2.27. The largest absolute Gasteiger partial charge is 0.307 e. The first kappa shape index (κ1) is 12.0. The molecule has 0 radical (unpaired) electrons. The van der Waals surface area contributed by atoms with Crippen molar-refractivity contribution in [1.29, 1.82) is 0 Å². The molecule has 106 valence electrons. The summed E-state index contributed by atoms with van der Waals surface area (Å²) in [6.45, 7) is 4.55. The predicted molar refractivity (Wildman–Crippen MR) is 90.7 cm³/mol. The van der Waals surface area contributed by atoms with Crippen molar-refractivity contribution >= 4 is 21.8 Å². The van der Waals surface area contributed by atoms with E-state index < -0.39 is 0 Å². The van der Waals surface area contributed by atoms with Crippen LogP contribution < -0.4 is 0 Å². The average Bonchev–Trinajstić information content (AvgIpc) is 2.88. The van der Waals surface area contributed by atoms with E-state index in [9.17, 15) is 0 Å². The minimum atomic E-state index is -0.0829. The fourth-order valence-electron chi connectivity index (χ4n) is 3.96. The molecule has 0 saturated heterocycles. The summed E-state index contributed by atoms with van der Waals surface area (Å²) >= 11 is 0. The highest BCUT2D eigenvalue weighted by molar-refractivity contribution is 6.11. The molecule has 0 amide bonds. The minimum Gasteiger partial charge on any atom is -0.307 e. The number of pyridine rings is 1. The van der Waals surface area contributed by atoms with Crippen molar-refractivity contribution in [3.63, 3.8) is 0 Å². The number of fused-ring (bicyclic) bond motifs is 5. The Kier molecular flexibility index (Phi) is 2.06. The monoisotopic (exact) mass is 284 g/mol. The van der Waals surface area contributed by atoms with Gasteiger partial charge in [0, 0.05) is 22.4 Å². The number of hydrogen-bond donors (Lipinski definition) is 0. The molecule has 2 aromatic heterocycles. The molecular weight excluding hydrogens is 268 g/mol. The number of aromatic nitrogens is 2. The van der Waals surface area contributed by atoms with Gasteiger partial charge >= 0.3 is 0 Å². The minimum absolute atomic E-state index is 0.0829. The maximum atomic E-state index is 4.72. The van der Waals surface area contributed by atoms with Gasteiger partial charge in [-0.05, 0) is 37.6 Å². The van der Waals surface area contributed by atoms with Crippen molar-refractivity contribution in [2.75, 3.05) is 0 Å². The third-order valence-corrected chi connectivity index (χ3v) is 4.99. The Hall–Kier alpha value is -2.61. The molecule has 2 heteroatoms. The van der Waals surface area contributed by atoms with Gasteiger partial charge in [-0.15, -0.1) is 0 Å². The summed E-state index contributed by atoms with van der Waals surface area (Å²) in [5.41, 5.74) is 6.21. The molecule has 0 bridgehead atoms. The van der Waals surface area contributed by atoms with Crippen LogP contribution in [0.15, 0.2) is 60.8 Å². The lowest BCUT2D eigenvalue weighted by molar-refractivity contribution is 0.606. The van der Waals surface area contributed by atoms with Crippen molar-refractivity contribution in [3.05, 3.63) is 72.1 Å². The average molecular weight is 284 g/mol. The molecule has 3 heterocycles. The molecule has 2 aromatic carbocycles. The van der Waals surface area contributed by atoms with E-state index in [-0.39, 0.29) is 5.41 Å². The van der Waals surface area contributed by atoms with Crippen LogP contribution in [-0.2, 0) is 5.41 Å². The first-order valence-electron chi connectivity index (χ1n) is 7.68. The SMILES string of the molecule is CC1(C)c2ncccc2-n2c3ccccc3c3cccc1c32. The molecule has 0 saturated carbocycles. The number of rotatable bonds is 0. The smallest absolute Gasteiger partial charge is 0.0744 e. The molecule has 22 heavy (non-hydrogen) atoms. The Labute approximate surface area is 129 Å². The normalized spacial score (nSPS) is 15.2. The Bertz CT molecular complexity index is 1050. The Morgan fingerprint density at radius 1 is 0.864 bits per heavy atom. The second-order valence-corrected chi connectivity index (χ2v) is 6.55. The quantitative estimate of drug-likeness (QED) is 0.453. The Morgan fingerprint density at radius 2 is 1.68 bits per heavy atom. The fraction of sp³-hybridized carbons (Fsp3) is 0.150. The van der Waals surface area contributed by atoms with Crippen LogP contribution in [0.4, 0.5) is 0 Å². The number of hydrogen-bond acceptors (Lipinski definition) is 1. The molecule has 4 aromatic rings. The maximum Gasteiger partial charge on any atom is 0.0744 e. The van der Waals surface area contributed by atoms with Crippen LogP contribution in [-0.4, -0.2) is 9.55 Å². The van der Waals surface area contributed by atoms with E-state index in [1.165, 1.54) is 33.1 Å². The van der Waals surface area contributed by atoms with E-state index in [2.05, 4.69) is 66.9 Å². The molecule has 0 fully saturated rings. The zero-order chi connectivity index (χ0) is 14.9. The lowest BCUT2D eigenvalue weighted by atomic mass is 9.77. The van der Waals surface area contributed by atoms with Gasteiger partial charge in [0.05, 0.1) is 22.4 Å². The van der Waals surface area contributed by atoms with Gasteiger partial charge < -0.3 is 4.57 Å². The Balaban J connectivity index is 2.15. The third-order valence-electron chi connectivity index (χ3n) is 4.99. The van der Waals surface area contributed by atoms with Crippen LogP contribution in [0, 0.1) is 0 Å². The van der Waals surface area contributed by atoms with E-state index in [1.807, 2.05) is 12.3 Å². The van der Waals surface area contributed by atoms with Crippen LogP contribution in [0.1, 0.15) is 25.1 Å². The van der Waals surface area contributed by atoms with Crippen LogP contribution in [0.25, 0.3) is 27.5 Å². The molecule has 1 aliphatic rings. The highest BCUT2D eigenvalue weighted by atomic mass is 15.0. The van der Waals surface area contributed by atoms with E-state index >= 15 is 0 Å². The molecule has 5 rings (SSSR count). The number of para-hydroxylation sites is 2. The van der Waals surface area contributed by atoms with Gasteiger partial charge in [-0.3, -0.25) is 4.98 Å². The van der Waals surface area contributed by atoms with E-state index in [4.69, 9.17) is 4.98 Å². The zero-order valence-corrected chi connectivity index (χ0v) is 12.7. The molecule has 0 atom stereocenters. The van der Waals surface area contributed by atoms with Crippen LogP contribution in [0.5, 0.6) is 0 Å². The fourth-order valence-corrected chi connectivity index (χ4v) is 3.96. The molecule has 2 nitrogen and oxygen atoms in total. The topological polar surface area (TPSA) is 17.8 Å². The number of benzene rings is 2. The summed E-state index contributed by atoms with van der Waals surface area (Å²) in [5, 5.41) is 2.64. The summed E-state index contributed by atoms with van der Waals surface area (Å²) in [4.78, 5) is 4.72. The van der Waals surface area contributed by atoms with Crippen LogP contribution in [0.2, 0.25) is 0 Å². The van der Waals surface area contributed by atoms with Crippen molar-refractivity contribution in [2.24, 2.45) is 0 Å². The van der Waals surface area contributed by atoms with Crippen molar-refractivity contribution in [3.8, 4) is 5.69 Å². The van der Waals surface area contributed by atoms with Gasteiger partial charge in [0.1, 0.15) is 0 Å². The van der Waals surface area contributed by atoms with Gasteiger partial charge in [0.2, 0.25) is 0 Å². The molecule has 0 aliphatic carbocycles. The van der Waals surface area contributed by atoms with E-state index in [1.54, 1.807) is 0 Å². The third kappa shape index (κ3) is 1.24. The van der Waals surface area contributed by atoms with Crippen molar-refractivity contribution in [1.82, 2.24) is 9.55 Å². The molecular formula is C20H16N2. The second-order valence-electron chi connectivity index (χ2n) is 6.55.